The Balaban J connectivity index is 1.50. The third-order valence-corrected chi connectivity index (χ3v) is 8.06. The van der Waals surface area contributed by atoms with E-state index in [0.29, 0.717) is 30.5 Å². The maximum atomic E-state index is 13.1. The molecule has 4 rings (SSSR count). The standard InChI is InChI=1S/C25H30N2O3S/c1-3-20-9-11-22(12-10-20)31(28,29)27-15-13-21(14-16-27)24-19-26(17-18-30-4-2)25-8-6-5-7-23(24)25/h3,5-12,19,21H,1,4,13-18H2,2H3. The molecule has 6 heteroatoms. The number of sulfonamides is 1. The van der Waals surface area contributed by atoms with Gasteiger partial charge in [-0.15, -0.1) is 0 Å². The number of ether oxygens (including phenoxy) is 1. The largest absolute Gasteiger partial charge is 0.380 e. The number of piperidine rings is 1. The molecule has 1 aliphatic rings. The van der Waals surface area contributed by atoms with Crippen LogP contribution in [0.3, 0.4) is 0 Å². The number of hydrogen-bond acceptors (Lipinski definition) is 3. The van der Waals surface area contributed by atoms with Crippen molar-refractivity contribution in [3.8, 4) is 0 Å². The van der Waals surface area contributed by atoms with Gasteiger partial charge in [-0.3, -0.25) is 0 Å². The highest BCUT2D eigenvalue weighted by Gasteiger charge is 2.31. The van der Waals surface area contributed by atoms with Gasteiger partial charge in [0.15, 0.2) is 0 Å². The molecular formula is C25H30N2O3S. The number of fused-ring (bicyclic) bond motifs is 1. The van der Waals surface area contributed by atoms with Crippen LogP contribution in [-0.2, 0) is 21.3 Å². The quantitative estimate of drug-likeness (QED) is 0.471. The van der Waals surface area contributed by atoms with Crippen molar-refractivity contribution >= 4 is 27.0 Å². The molecule has 1 saturated heterocycles. The van der Waals surface area contributed by atoms with Gasteiger partial charge in [-0.1, -0.05) is 43.0 Å². The minimum Gasteiger partial charge on any atom is -0.380 e. The van der Waals surface area contributed by atoms with Gasteiger partial charge < -0.3 is 9.30 Å². The summed E-state index contributed by atoms with van der Waals surface area (Å²) in [5.74, 6) is 0.354. The lowest BCUT2D eigenvalue weighted by molar-refractivity contribution is 0.140. The first-order valence-corrected chi connectivity index (χ1v) is 12.4. The highest BCUT2D eigenvalue weighted by Crippen LogP contribution is 2.35. The number of aromatic nitrogens is 1. The molecular weight excluding hydrogens is 408 g/mol. The predicted octanol–water partition coefficient (Wildman–Crippen LogP) is 4.89. The van der Waals surface area contributed by atoms with Crippen molar-refractivity contribution in [3.05, 3.63) is 72.4 Å². The van der Waals surface area contributed by atoms with Crippen LogP contribution in [-0.4, -0.2) is 43.6 Å². The second kappa shape index (κ2) is 9.39. The van der Waals surface area contributed by atoms with Gasteiger partial charge in [0.05, 0.1) is 11.5 Å². The second-order valence-corrected chi connectivity index (χ2v) is 9.88. The maximum absolute atomic E-state index is 13.1. The molecule has 5 nitrogen and oxygen atoms in total. The fourth-order valence-electron chi connectivity index (χ4n) is 4.42. The molecule has 31 heavy (non-hydrogen) atoms. The molecule has 0 N–H and O–H groups in total. The van der Waals surface area contributed by atoms with Gasteiger partial charge in [-0.05, 0) is 55.0 Å². The Bertz CT molecular complexity index is 1140. The lowest BCUT2D eigenvalue weighted by atomic mass is 9.90. The highest BCUT2D eigenvalue weighted by atomic mass is 32.2. The van der Waals surface area contributed by atoms with Crippen molar-refractivity contribution in [2.75, 3.05) is 26.3 Å². The van der Waals surface area contributed by atoms with Crippen LogP contribution in [0.1, 0.15) is 36.8 Å². The number of benzene rings is 2. The van der Waals surface area contributed by atoms with E-state index in [4.69, 9.17) is 4.74 Å². The Kier molecular flexibility index (Phi) is 6.60. The molecule has 0 aliphatic carbocycles. The molecule has 0 amide bonds. The smallest absolute Gasteiger partial charge is 0.243 e. The first-order valence-electron chi connectivity index (χ1n) is 10.9. The molecule has 0 bridgehead atoms. The molecule has 1 fully saturated rings. The summed E-state index contributed by atoms with van der Waals surface area (Å²) in [7, 11) is -3.47. The number of hydrogen-bond donors (Lipinski definition) is 0. The second-order valence-electron chi connectivity index (χ2n) is 7.94. The molecule has 1 aromatic heterocycles. The fraction of sp³-hybridized carbons (Fsp3) is 0.360. The Morgan fingerprint density at radius 2 is 1.81 bits per heavy atom. The first kappa shape index (κ1) is 21.8. The minimum absolute atomic E-state index is 0.351. The van der Waals surface area contributed by atoms with Crippen molar-refractivity contribution in [2.24, 2.45) is 0 Å². The van der Waals surface area contributed by atoms with E-state index < -0.39 is 10.0 Å². The summed E-state index contributed by atoms with van der Waals surface area (Å²) >= 11 is 0. The fourth-order valence-corrected chi connectivity index (χ4v) is 5.89. The van der Waals surface area contributed by atoms with E-state index in [9.17, 15) is 8.42 Å². The molecule has 3 aromatic rings. The summed E-state index contributed by atoms with van der Waals surface area (Å²) in [5.41, 5.74) is 3.45. The van der Waals surface area contributed by atoms with E-state index in [-0.39, 0.29) is 0 Å². The molecule has 0 saturated carbocycles. The minimum atomic E-state index is -3.47. The number of para-hydroxylation sites is 1. The van der Waals surface area contributed by atoms with E-state index >= 15 is 0 Å². The zero-order valence-electron chi connectivity index (χ0n) is 18.0. The molecule has 0 atom stereocenters. The topological polar surface area (TPSA) is 51.5 Å². The summed E-state index contributed by atoms with van der Waals surface area (Å²) in [6, 6.07) is 15.4. The molecule has 2 aromatic carbocycles. The van der Waals surface area contributed by atoms with Crippen LogP contribution in [0, 0.1) is 0 Å². The highest BCUT2D eigenvalue weighted by molar-refractivity contribution is 7.89. The van der Waals surface area contributed by atoms with Crippen molar-refractivity contribution in [3.63, 3.8) is 0 Å². The van der Waals surface area contributed by atoms with Crippen LogP contribution in [0.5, 0.6) is 0 Å². The molecule has 1 aliphatic heterocycles. The predicted molar refractivity (Wildman–Crippen MR) is 126 cm³/mol. The normalized spacial score (nSPS) is 16.0. The van der Waals surface area contributed by atoms with Gasteiger partial charge in [-0.25, -0.2) is 8.42 Å². The maximum Gasteiger partial charge on any atom is 0.243 e. The monoisotopic (exact) mass is 438 g/mol. The van der Waals surface area contributed by atoms with Crippen LogP contribution in [0.15, 0.2) is 66.2 Å². The van der Waals surface area contributed by atoms with Crippen LogP contribution < -0.4 is 0 Å². The molecule has 0 radical (unpaired) electrons. The third kappa shape index (κ3) is 4.47. The lowest BCUT2D eigenvalue weighted by Crippen LogP contribution is -2.37. The summed E-state index contributed by atoms with van der Waals surface area (Å²) < 4.78 is 35.6. The van der Waals surface area contributed by atoms with Gasteiger partial charge in [0, 0.05) is 43.3 Å². The number of rotatable bonds is 8. The molecule has 0 spiro atoms. The van der Waals surface area contributed by atoms with Crippen molar-refractivity contribution < 1.29 is 13.2 Å². The Hall–Kier alpha value is -2.41. The first-order chi connectivity index (χ1) is 15.0. The van der Waals surface area contributed by atoms with Gasteiger partial charge in [0.25, 0.3) is 0 Å². The van der Waals surface area contributed by atoms with E-state index in [1.54, 1.807) is 34.6 Å². The molecule has 164 valence electrons. The Labute approximate surface area is 185 Å². The van der Waals surface area contributed by atoms with Crippen molar-refractivity contribution in [2.45, 2.75) is 37.1 Å². The Morgan fingerprint density at radius 1 is 1.10 bits per heavy atom. The van der Waals surface area contributed by atoms with E-state index in [1.807, 2.05) is 6.92 Å². The zero-order valence-corrected chi connectivity index (χ0v) is 18.9. The summed E-state index contributed by atoms with van der Waals surface area (Å²) in [6.45, 7) is 9.04. The average Bonchev–Trinajstić information content (AvgIpc) is 3.18. The summed E-state index contributed by atoms with van der Waals surface area (Å²) in [5, 5.41) is 1.26. The number of nitrogens with zero attached hydrogens (tertiary/aromatic N) is 2. The summed E-state index contributed by atoms with van der Waals surface area (Å²) in [6.07, 6.45) is 5.60. The lowest BCUT2D eigenvalue weighted by Gasteiger charge is -2.31. The van der Waals surface area contributed by atoms with Crippen LogP contribution in [0.2, 0.25) is 0 Å². The van der Waals surface area contributed by atoms with Crippen LogP contribution >= 0.6 is 0 Å². The van der Waals surface area contributed by atoms with Gasteiger partial charge in [0.2, 0.25) is 10.0 Å². The van der Waals surface area contributed by atoms with E-state index in [2.05, 4.69) is 41.6 Å². The van der Waals surface area contributed by atoms with E-state index in [0.717, 1.165) is 31.6 Å². The van der Waals surface area contributed by atoms with Crippen LogP contribution in [0.4, 0.5) is 0 Å². The molecule has 0 unspecified atom stereocenters. The Morgan fingerprint density at radius 3 is 2.48 bits per heavy atom. The van der Waals surface area contributed by atoms with Crippen molar-refractivity contribution in [1.29, 1.82) is 0 Å². The van der Waals surface area contributed by atoms with E-state index in [1.165, 1.54) is 16.5 Å². The zero-order chi connectivity index (χ0) is 21.8. The van der Waals surface area contributed by atoms with Gasteiger partial charge >= 0.3 is 0 Å². The molecule has 2 heterocycles. The third-order valence-electron chi connectivity index (χ3n) is 6.15. The van der Waals surface area contributed by atoms with Gasteiger partial charge in [-0.2, -0.15) is 4.31 Å². The van der Waals surface area contributed by atoms with Crippen LogP contribution in [0.25, 0.3) is 17.0 Å². The SMILES string of the molecule is C=Cc1ccc(S(=O)(=O)N2CCC(c3cn(CCOCC)c4ccccc34)CC2)cc1. The summed E-state index contributed by atoms with van der Waals surface area (Å²) in [4.78, 5) is 0.351. The van der Waals surface area contributed by atoms with Gasteiger partial charge in [0.1, 0.15) is 0 Å². The van der Waals surface area contributed by atoms with Crippen molar-refractivity contribution in [1.82, 2.24) is 8.87 Å². The average molecular weight is 439 g/mol.